The van der Waals surface area contributed by atoms with Crippen LogP contribution in [0.3, 0.4) is 0 Å². The van der Waals surface area contributed by atoms with Crippen LogP contribution >= 0.6 is 0 Å². The Balaban J connectivity index is 2.61. The average molecular weight is 184 g/mol. The Bertz CT molecular complexity index is 236. The van der Waals surface area contributed by atoms with E-state index >= 15 is 0 Å². The molecule has 0 bridgehead atoms. The zero-order valence-corrected chi connectivity index (χ0v) is 7.18. The summed E-state index contributed by atoms with van der Waals surface area (Å²) < 4.78 is 0. The largest absolute Gasteiger partial charge is 0.465 e. The van der Waals surface area contributed by atoms with Crippen LogP contribution in [0.2, 0.25) is 0 Å². The number of nitrogens with zero attached hydrogens (tertiary/aromatic N) is 2. The first-order valence-corrected chi connectivity index (χ1v) is 4.19. The Morgan fingerprint density at radius 1 is 1.69 bits per heavy atom. The zero-order valence-electron chi connectivity index (χ0n) is 7.18. The molecule has 5 nitrogen and oxygen atoms in total. The van der Waals surface area contributed by atoms with Crippen LogP contribution in [0.4, 0.5) is 4.79 Å². The molecule has 0 radical (unpaired) electrons. The topological polar surface area (TPSA) is 84.6 Å². The molecule has 1 rings (SSSR count). The minimum atomic E-state index is -1.01. The Labute approximate surface area is 76.2 Å². The van der Waals surface area contributed by atoms with E-state index in [4.69, 9.17) is 10.4 Å². The van der Waals surface area contributed by atoms with Crippen LogP contribution in [0.25, 0.3) is 0 Å². The van der Waals surface area contributed by atoms with Gasteiger partial charge in [-0.05, 0) is 12.8 Å². The van der Waals surface area contributed by atoms with Crippen molar-refractivity contribution in [2.75, 3.05) is 6.54 Å². The molecule has 1 heterocycles. The van der Waals surface area contributed by atoms with E-state index in [1.165, 1.54) is 4.90 Å². The number of hydrogen-bond donors (Lipinski definition) is 2. The number of likely N-dealkylation sites (tertiary alicyclic amines) is 1. The van der Waals surface area contributed by atoms with Gasteiger partial charge in [-0.2, -0.15) is 5.26 Å². The van der Waals surface area contributed by atoms with Crippen LogP contribution in [-0.4, -0.2) is 39.9 Å². The van der Waals surface area contributed by atoms with Gasteiger partial charge in [0.2, 0.25) is 0 Å². The van der Waals surface area contributed by atoms with Crippen LogP contribution in [0.5, 0.6) is 0 Å². The van der Waals surface area contributed by atoms with Crippen molar-refractivity contribution in [1.29, 1.82) is 5.26 Å². The van der Waals surface area contributed by atoms with Crippen molar-refractivity contribution in [1.82, 2.24) is 4.90 Å². The smallest absolute Gasteiger partial charge is 0.407 e. The highest BCUT2D eigenvalue weighted by atomic mass is 16.4. The molecule has 2 unspecified atom stereocenters. The van der Waals surface area contributed by atoms with Gasteiger partial charge in [0.1, 0.15) is 0 Å². The summed E-state index contributed by atoms with van der Waals surface area (Å²) in [5, 5.41) is 26.5. The third kappa shape index (κ3) is 2.33. The maximum atomic E-state index is 10.7. The van der Waals surface area contributed by atoms with Crippen LogP contribution in [0, 0.1) is 11.3 Å². The van der Waals surface area contributed by atoms with Gasteiger partial charge in [-0.25, -0.2) is 4.79 Å². The molecule has 1 aliphatic heterocycles. The van der Waals surface area contributed by atoms with E-state index in [2.05, 4.69) is 0 Å². The van der Waals surface area contributed by atoms with E-state index in [9.17, 15) is 9.90 Å². The minimum Gasteiger partial charge on any atom is -0.465 e. The van der Waals surface area contributed by atoms with Gasteiger partial charge in [-0.15, -0.1) is 0 Å². The number of aliphatic hydroxyl groups is 1. The molecule has 0 aliphatic carbocycles. The maximum absolute atomic E-state index is 10.7. The summed E-state index contributed by atoms with van der Waals surface area (Å²) >= 11 is 0. The molecule has 0 aromatic rings. The predicted octanol–water partition coefficient (Wildman–Crippen LogP) is 0.403. The third-order valence-electron chi connectivity index (χ3n) is 2.26. The van der Waals surface area contributed by atoms with Gasteiger partial charge in [-0.1, -0.05) is 0 Å². The quantitative estimate of drug-likeness (QED) is 0.617. The lowest BCUT2D eigenvalue weighted by Crippen LogP contribution is -2.46. The number of carboxylic acid groups (broad SMARTS) is 1. The standard InChI is InChI=1S/C8H12N2O3/c9-3-1-6-5-7(11)2-4-10(6)8(12)13/h6-7,11H,1-2,4-5H2,(H,12,13). The van der Waals surface area contributed by atoms with E-state index in [-0.39, 0.29) is 12.5 Å². The number of nitriles is 1. The van der Waals surface area contributed by atoms with Gasteiger partial charge in [0.25, 0.3) is 0 Å². The monoisotopic (exact) mass is 184 g/mol. The van der Waals surface area contributed by atoms with Crippen molar-refractivity contribution < 1.29 is 15.0 Å². The highest BCUT2D eigenvalue weighted by molar-refractivity contribution is 5.65. The van der Waals surface area contributed by atoms with E-state index in [1.807, 2.05) is 6.07 Å². The average Bonchev–Trinajstić information content (AvgIpc) is 2.04. The molecule has 1 amide bonds. The Kier molecular flexibility index (Phi) is 3.09. The summed E-state index contributed by atoms with van der Waals surface area (Å²) in [5.41, 5.74) is 0. The summed E-state index contributed by atoms with van der Waals surface area (Å²) in [5.74, 6) is 0. The molecule has 72 valence electrons. The van der Waals surface area contributed by atoms with Gasteiger partial charge in [0.15, 0.2) is 0 Å². The molecule has 1 fully saturated rings. The Hall–Kier alpha value is -1.28. The van der Waals surface area contributed by atoms with Crippen molar-refractivity contribution in [3.63, 3.8) is 0 Å². The van der Waals surface area contributed by atoms with Crippen molar-refractivity contribution in [2.45, 2.75) is 31.4 Å². The molecular formula is C8H12N2O3. The van der Waals surface area contributed by atoms with Crippen LogP contribution in [0.1, 0.15) is 19.3 Å². The number of rotatable bonds is 1. The summed E-state index contributed by atoms with van der Waals surface area (Å²) in [4.78, 5) is 11.9. The molecular weight excluding hydrogens is 172 g/mol. The van der Waals surface area contributed by atoms with Crippen molar-refractivity contribution in [3.05, 3.63) is 0 Å². The van der Waals surface area contributed by atoms with Crippen LogP contribution < -0.4 is 0 Å². The molecule has 1 saturated heterocycles. The summed E-state index contributed by atoms with van der Waals surface area (Å²) in [7, 11) is 0. The molecule has 1 aliphatic rings. The predicted molar refractivity (Wildman–Crippen MR) is 44.0 cm³/mol. The number of amides is 1. The van der Waals surface area contributed by atoms with Gasteiger partial charge in [0.05, 0.1) is 24.6 Å². The maximum Gasteiger partial charge on any atom is 0.407 e. The highest BCUT2D eigenvalue weighted by Crippen LogP contribution is 2.19. The van der Waals surface area contributed by atoms with Crippen molar-refractivity contribution in [2.24, 2.45) is 0 Å². The Morgan fingerprint density at radius 3 is 2.92 bits per heavy atom. The second-order valence-corrected chi connectivity index (χ2v) is 3.17. The van der Waals surface area contributed by atoms with Gasteiger partial charge < -0.3 is 15.1 Å². The molecule has 0 saturated carbocycles. The van der Waals surface area contributed by atoms with E-state index in [0.717, 1.165) is 0 Å². The SMILES string of the molecule is N#CCC1CC(O)CCN1C(=O)O. The molecule has 0 aromatic heterocycles. The number of carbonyl (C=O) groups is 1. The first-order chi connectivity index (χ1) is 6.15. The lowest BCUT2D eigenvalue weighted by Gasteiger charge is -2.34. The van der Waals surface area contributed by atoms with Crippen molar-refractivity contribution >= 4 is 6.09 Å². The first-order valence-electron chi connectivity index (χ1n) is 4.19. The second-order valence-electron chi connectivity index (χ2n) is 3.17. The van der Waals surface area contributed by atoms with Gasteiger partial charge in [0, 0.05) is 6.54 Å². The van der Waals surface area contributed by atoms with E-state index in [1.54, 1.807) is 0 Å². The molecule has 13 heavy (non-hydrogen) atoms. The molecule has 2 N–H and O–H groups in total. The Morgan fingerprint density at radius 2 is 2.38 bits per heavy atom. The first kappa shape index (κ1) is 9.81. The van der Waals surface area contributed by atoms with Crippen LogP contribution in [-0.2, 0) is 0 Å². The molecule has 0 spiro atoms. The summed E-state index contributed by atoms with van der Waals surface area (Å²) in [6.45, 7) is 0.322. The zero-order chi connectivity index (χ0) is 9.84. The fraction of sp³-hybridized carbons (Fsp3) is 0.750. The third-order valence-corrected chi connectivity index (χ3v) is 2.26. The van der Waals surface area contributed by atoms with Gasteiger partial charge >= 0.3 is 6.09 Å². The molecule has 5 heteroatoms. The van der Waals surface area contributed by atoms with E-state index in [0.29, 0.717) is 19.4 Å². The van der Waals surface area contributed by atoms with Crippen LogP contribution in [0.15, 0.2) is 0 Å². The normalized spacial score (nSPS) is 28.2. The lowest BCUT2D eigenvalue weighted by molar-refractivity contribution is 0.0444. The highest BCUT2D eigenvalue weighted by Gasteiger charge is 2.30. The second kappa shape index (κ2) is 4.10. The fourth-order valence-corrected chi connectivity index (χ4v) is 1.58. The van der Waals surface area contributed by atoms with E-state index < -0.39 is 12.2 Å². The number of hydrogen-bond acceptors (Lipinski definition) is 3. The summed E-state index contributed by atoms with van der Waals surface area (Å²) in [6.07, 6.45) is -0.474. The molecule has 2 atom stereocenters. The number of piperidine rings is 1. The fourth-order valence-electron chi connectivity index (χ4n) is 1.58. The lowest BCUT2D eigenvalue weighted by atomic mass is 9.98. The molecule has 0 aromatic carbocycles. The number of aliphatic hydroxyl groups excluding tert-OH is 1. The van der Waals surface area contributed by atoms with Crippen molar-refractivity contribution in [3.8, 4) is 6.07 Å². The van der Waals surface area contributed by atoms with Gasteiger partial charge in [-0.3, -0.25) is 0 Å². The minimum absolute atomic E-state index is 0.156. The summed E-state index contributed by atoms with van der Waals surface area (Å²) in [6, 6.07) is 1.59.